The van der Waals surface area contributed by atoms with Crippen molar-refractivity contribution in [3.63, 3.8) is 0 Å². The average Bonchev–Trinajstić information content (AvgIpc) is 2.53. The Balaban J connectivity index is 2.91. The largest absolute Gasteiger partial charge is 0.345 e. The average molecular weight is 285 g/mol. The maximum Gasteiger partial charge on any atom is 0.270 e. The highest BCUT2D eigenvalue weighted by Crippen LogP contribution is 2.15. The molecule has 0 radical (unpaired) electrons. The Kier molecular flexibility index (Phi) is 4.35. The summed E-state index contributed by atoms with van der Waals surface area (Å²) >= 11 is 3.36. The molecule has 0 N–H and O–H groups in total. The number of carbonyl (C=O) groups is 1. The topological polar surface area (TPSA) is 25.2 Å². The Morgan fingerprint density at radius 3 is 2.62 bits per heavy atom. The first-order chi connectivity index (χ1) is 7.45. The van der Waals surface area contributed by atoms with Crippen LogP contribution in [0.3, 0.4) is 0 Å². The third-order valence-electron chi connectivity index (χ3n) is 2.32. The van der Waals surface area contributed by atoms with Crippen LogP contribution in [0.1, 0.15) is 24.3 Å². The van der Waals surface area contributed by atoms with E-state index in [0.717, 1.165) is 10.0 Å². The van der Waals surface area contributed by atoms with Crippen molar-refractivity contribution in [1.82, 2.24) is 9.47 Å². The van der Waals surface area contributed by atoms with Crippen LogP contribution in [-0.2, 0) is 7.05 Å². The van der Waals surface area contributed by atoms with Gasteiger partial charge >= 0.3 is 0 Å². The van der Waals surface area contributed by atoms with Crippen LogP contribution >= 0.6 is 15.9 Å². The van der Waals surface area contributed by atoms with Crippen molar-refractivity contribution in [3.05, 3.63) is 34.6 Å². The molecule has 0 unspecified atom stereocenters. The molecule has 1 aromatic rings. The molecule has 0 spiro atoms. The van der Waals surface area contributed by atoms with E-state index < -0.39 is 0 Å². The van der Waals surface area contributed by atoms with Crippen LogP contribution in [0.4, 0.5) is 0 Å². The Bertz CT molecular complexity index is 409. The molecule has 1 rings (SSSR count). The molecular weight excluding hydrogens is 268 g/mol. The number of rotatable bonds is 4. The third-order valence-corrected chi connectivity index (χ3v) is 2.75. The van der Waals surface area contributed by atoms with Gasteiger partial charge in [0.1, 0.15) is 5.69 Å². The molecule has 0 aliphatic rings. The fourth-order valence-electron chi connectivity index (χ4n) is 1.55. The zero-order valence-electron chi connectivity index (χ0n) is 9.96. The van der Waals surface area contributed by atoms with Crippen LogP contribution in [0.2, 0.25) is 0 Å². The minimum Gasteiger partial charge on any atom is -0.345 e. The van der Waals surface area contributed by atoms with E-state index in [9.17, 15) is 4.79 Å². The van der Waals surface area contributed by atoms with Gasteiger partial charge in [-0.25, -0.2) is 0 Å². The van der Waals surface area contributed by atoms with E-state index in [0.29, 0.717) is 18.8 Å². The number of amides is 1. The van der Waals surface area contributed by atoms with Gasteiger partial charge in [0.05, 0.1) is 0 Å². The molecule has 1 amide bonds. The maximum atomic E-state index is 12.2. The van der Waals surface area contributed by atoms with Gasteiger partial charge in [0.25, 0.3) is 5.91 Å². The van der Waals surface area contributed by atoms with Gasteiger partial charge in [-0.3, -0.25) is 4.79 Å². The molecule has 3 nitrogen and oxygen atoms in total. The fourth-order valence-corrected chi connectivity index (χ4v) is 2.08. The standard InChI is InChI=1S/C12H17BrN2O/c1-5-15(7-9(2)3)12(16)11-6-10(13)8-14(11)4/h6,8H,2,5,7H2,1,3-4H3. The second-order valence-electron chi connectivity index (χ2n) is 3.93. The van der Waals surface area contributed by atoms with Crippen LogP contribution in [0.5, 0.6) is 0 Å². The number of aryl methyl sites for hydroxylation is 1. The molecule has 16 heavy (non-hydrogen) atoms. The minimum absolute atomic E-state index is 0.0405. The lowest BCUT2D eigenvalue weighted by atomic mass is 10.3. The highest BCUT2D eigenvalue weighted by Gasteiger charge is 2.17. The van der Waals surface area contributed by atoms with Crippen molar-refractivity contribution in [3.8, 4) is 0 Å². The zero-order chi connectivity index (χ0) is 12.3. The van der Waals surface area contributed by atoms with Gasteiger partial charge in [-0.1, -0.05) is 12.2 Å². The van der Waals surface area contributed by atoms with Crippen LogP contribution in [0.15, 0.2) is 28.9 Å². The third kappa shape index (κ3) is 2.98. The molecule has 0 aliphatic carbocycles. The zero-order valence-corrected chi connectivity index (χ0v) is 11.5. The fraction of sp³-hybridized carbons (Fsp3) is 0.417. The molecule has 0 aliphatic heterocycles. The Morgan fingerprint density at radius 1 is 1.62 bits per heavy atom. The summed E-state index contributed by atoms with van der Waals surface area (Å²) in [5, 5.41) is 0. The van der Waals surface area contributed by atoms with E-state index in [1.165, 1.54) is 0 Å². The number of aromatic nitrogens is 1. The van der Waals surface area contributed by atoms with Gasteiger partial charge in [-0.15, -0.1) is 0 Å². The first kappa shape index (κ1) is 13.0. The summed E-state index contributed by atoms with van der Waals surface area (Å²) in [6.45, 7) is 9.03. The lowest BCUT2D eigenvalue weighted by Gasteiger charge is -2.21. The van der Waals surface area contributed by atoms with E-state index in [2.05, 4.69) is 22.5 Å². The van der Waals surface area contributed by atoms with Gasteiger partial charge in [0.2, 0.25) is 0 Å². The van der Waals surface area contributed by atoms with E-state index in [1.807, 2.05) is 37.7 Å². The van der Waals surface area contributed by atoms with Crippen molar-refractivity contribution in [2.24, 2.45) is 7.05 Å². The smallest absolute Gasteiger partial charge is 0.270 e. The second kappa shape index (κ2) is 5.34. The van der Waals surface area contributed by atoms with Crippen LogP contribution < -0.4 is 0 Å². The van der Waals surface area contributed by atoms with Crippen molar-refractivity contribution < 1.29 is 4.79 Å². The van der Waals surface area contributed by atoms with Crippen LogP contribution in [0.25, 0.3) is 0 Å². The number of halogens is 1. The first-order valence-corrected chi connectivity index (χ1v) is 6.00. The van der Waals surface area contributed by atoms with Gasteiger partial charge < -0.3 is 9.47 Å². The Labute approximate surface area is 105 Å². The predicted octanol–water partition coefficient (Wildman–Crippen LogP) is 2.83. The number of likely N-dealkylation sites (N-methyl/N-ethyl adjacent to an activating group) is 1. The molecule has 1 aromatic heterocycles. The number of carbonyl (C=O) groups excluding carboxylic acids is 1. The van der Waals surface area contributed by atoms with Gasteiger partial charge in [-0.05, 0) is 35.8 Å². The van der Waals surface area contributed by atoms with Crippen molar-refractivity contribution in [1.29, 1.82) is 0 Å². The summed E-state index contributed by atoms with van der Waals surface area (Å²) in [6.07, 6.45) is 1.88. The summed E-state index contributed by atoms with van der Waals surface area (Å²) in [7, 11) is 1.87. The number of nitrogens with zero attached hydrogens (tertiary/aromatic N) is 2. The van der Waals surface area contributed by atoms with E-state index >= 15 is 0 Å². The molecule has 0 fully saturated rings. The normalized spacial score (nSPS) is 10.2. The second-order valence-corrected chi connectivity index (χ2v) is 4.85. The van der Waals surface area contributed by atoms with Crippen molar-refractivity contribution in [2.45, 2.75) is 13.8 Å². The van der Waals surface area contributed by atoms with Crippen molar-refractivity contribution >= 4 is 21.8 Å². The molecular formula is C12H17BrN2O. The molecule has 88 valence electrons. The van der Waals surface area contributed by atoms with E-state index in [4.69, 9.17) is 0 Å². The quantitative estimate of drug-likeness (QED) is 0.781. The van der Waals surface area contributed by atoms with Gasteiger partial charge in [0, 0.05) is 30.8 Å². The lowest BCUT2D eigenvalue weighted by Crippen LogP contribution is -2.33. The maximum absolute atomic E-state index is 12.2. The number of hydrogen-bond donors (Lipinski definition) is 0. The summed E-state index contributed by atoms with van der Waals surface area (Å²) in [5.41, 5.74) is 1.68. The molecule has 1 heterocycles. The Hall–Kier alpha value is -1.03. The SMILES string of the molecule is C=C(C)CN(CC)C(=O)c1cc(Br)cn1C. The van der Waals surface area contributed by atoms with Gasteiger partial charge in [0.15, 0.2) is 0 Å². The van der Waals surface area contributed by atoms with E-state index in [-0.39, 0.29) is 5.91 Å². The van der Waals surface area contributed by atoms with Gasteiger partial charge in [-0.2, -0.15) is 0 Å². The molecule has 0 atom stereocenters. The minimum atomic E-state index is 0.0405. The van der Waals surface area contributed by atoms with Crippen molar-refractivity contribution in [2.75, 3.05) is 13.1 Å². The number of hydrogen-bond acceptors (Lipinski definition) is 1. The predicted molar refractivity (Wildman–Crippen MR) is 69.5 cm³/mol. The molecule has 0 saturated heterocycles. The highest BCUT2D eigenvalue weighted by molar-refractivity contribution is 9.10. The van der Waals surface area contributed by atoms with E-state index in [1.54, 1.807) is 4.90 Å². The Morgan fingerprint density at radius 2 is 2.25 bits per heavy atom. The van der Waals surface area contributed by atoms with Crippen LogP contribution in [0, 0.1) is 0 Å². The highest BCUT2D eigenvalue weighted by atomic mass is 79.9. The summed E-state index contributed by atoms with van der Waals surface area (Å²) in [5.74, 6) is 0.0405. The molecule has 4 heteroatoms. The summed E-state index contributed by atoms with van der Waals surface area (Å²) in [4.78, 5) is 14.0. The van der Waals surface area contributed by atoms with Crippen LogP contribution in [-0.4, -0.2) is 28.5 Å². The lowest BCUT2D eigenvalue weighted by molar-refractivity contribution is 0.0769. The first-order valence-electron chi connectivity index (χ1n) is 5.21. The monoisotopic (exact) mass is 284 g/mol. The summed E-state index contributed by atoms with van der Waals surface area (Å²) in [6, 6.07) is 1.84. The molecule has 0 saturated carbocycles. The molecule has 0 aromatic carbocycles. The molecule has 0 bridgehead atoms. The summed E-state index contributed by atoms with van der Waals surface area (Å²) < 4.78 is 2.75.